The van der Waals surface area contributed by atoms with Crippen molar-refractivity contribution in [2.75, 3.05) is 6.54 Å². The first-order chi connectivity index (χ1) is 9.11. The maximum Gasteiger partial charge on any atom is 0.354 e. The molecule has 5 nitrogen and oxygen atoms in total. The zero-order valence-corrected chi connectivity index (χ0v) is 10.6. The second kappa shape index (κ2) is 4.33. The average molecular weight is 260 g/mol. The van der Waals surface area contributed by atoms with Gasteiger partial charge in [-0.3, -0.25) is 4.79 Å². The number of amides is 1. The van der Waals surface area contributed by atoms with Crippen molar-refractivity contribution in [3.05, 3.63) is 29.6 Å². The molecule has 1 aromatic heterocycles. The van der Waals surface area contributed by atoms with Gasteiger partial charge in [0.05, 0.1) is 5.56 Å². The van der Waals surface area contributed by atoms with Crippen LogP contribution < -0.4 is 5.32 Å². The Kier molecular flexibility index (Phi) is 2.77. The van der Waals surface area contributed by atoms with Gasteiger partial charge in [0.25, 0.3) is 5.91 Å². The van der Waals surface area contributed by atoms with E-state index in [9.17, 15) is 9.59 Å². The van der Waals surface area contributed by atoms with Crippen molar-refractivity contribution < 1.29 is 14.7 Å². The molecule has 3 rings (SSSR count). The van der Waals surface area contributed by atoms with Gasteiger partial charge in [0.15, 0.2) is 0 Å². The first kappa shape index (κ1) is 12.1. The predicted octanol–water partition coefficient (Wildman–Crippen LogP) is 1.70. The lowest BCUT2D eigenvalue weighted by molar-refractivity contribution is 0.0689. The van der Waals surface area contributed by atoms with Crippen LogP contribution in [-0.4, -0.2) is 28.5 Å². The lowest BCUT2D eigenvalue weighted by atomic mass is 10.0. The van der Waals surface area contributed by atoms with Crippen LogP contribution in [0.5, 0.6) is 0 Å². The zero-order valence-electron chi connectivity index (χ0n) is 10.6. The molecule has 2 aliphatic carbocycles. The number of hydrogen-bond acceptors (Lipinski definition) is 3. The first-order valence-corrected chi connectivity index (χ1v) is 6.58. The van der Waals surface area contributed by atoms with Crippen molar-refractivity contribution >= 4 is 11.9 Å². The van der Waals surface area contributed by atoms with E-state index in [0.29, 0.717) is 11.0 Å². The van der Waals surface area contributed by atoms with Gasteiger partial charge in [-0.2, -0.15) is 0 Å². The molecule has 0 unspecified atom stereocenters. The smallest absolute Gasteiger partial charge is 0.354 e. The van der Waals surface area contributed by atoms with Crippen LogP contribution in [0.3, 0.4) is 0 Å². The molecule has 0 atom stereocenters. The van der Waals surface area contributed by atoms with Gasteiger partial charge < -0.3 is 10.4 Å². The van der Waals surface area contributed by atoms with Crippen molar-refractivity contribution in [2.45, 2.75) is 25.7 Å². The number of carboxylic acids is 1. The van der Waals surface area contributed by atoms with E-state index in [1.165, 1.54) is 44.0 Å². The lowest BCUT2D eigenvalue weighted by Gasteiger charge is -2.14. The third-order valence-corrected chi connectivity index (χ3v) is 4.18. The third-order valence-electron chi connectivity index (χ3n) is 4.18. The molecule has 100 valence electrons. The van der Waals surface area contributed by atoms with E-state index in [1.54, 1.807) is 0 Å². The Labute approximate surface area is 111 Å². The minimum absolute atomic E-state index is 0.0480. The molecule has 5 heteroatoms. The summed E-state index contributed by atoms with van der Waals surface area (Å²) in [5, 5.41) is 11.7. The van der Waals surface area contributed by atoms with Crippen LogP contribution in [0.15, 0.2) is 18.3 Å². The Balaban J connectivity index is 1.59. The minimum atomic E-state index is -1.09. The number of hydrogen-bond donors (Lipinski definition) is 2. The van der Waals surface area contributed by atoms with Crippen LogP contribution in [0.25, 0.3) is 0 Å². The Bertz CT molecular complexity index is 516. The van der Waals surface area contributed by atoms with Gasteiger partial charge in [-0.1, -0.05) is 0 Å². The number of carbonyl (C=O) groups is 2. The van der Waals surface area contributed by atoms with E-state index >= 15 is 0 Å². The maximum absolute atomic E-state index is 11.9. The molecule has 2 N–H and O–H groups in total. The summed E-state index contributed by atoms with van der Waals surface area (Å²) in [4.78, 5) is 26.4. The number of rotatable bonds is 5. The van der Waals surface area contributed by atoms with Crippen LogP contribution in [0, 0.1) is 11.3 Å². The predicted molar refractivity (Wildman–Crippen MR) is 67.9 cm³/mol. The molecular formula is C14H16N2O3. The third kappa shape index (κ3) is 2.45. The van der Waals surface area contributed by atoms with Crippen LogP contribution in [-0.2, 0) is 0 Å². The van der Waals surface area contributed by atoms with Crippen molar-refractivity contribution in [1.29, 1.82) is 0 Å². The Morgan fingerprint density at radius 2 is 2.11 bits per heavy atom. The molecule has 1 aromatic rings. The Morgan fingerprint density at radius 1 is 1.37 bits per heavy atom. The van der Waals surface area contributed by atoms with Crippen LogP contribution in [0.1, 0.15) is 46.5 Å². The van der Waals surface area contributed by atoms with Gasteiger partial charge in [-0.05, 0) is 49.1 Å². The van der Waals surface area contributed by atoms with E-state index in [1.807, 2.05) is 0 Å². The summed E-state index contributed by atoms with van der Waals surface area (Å²) in [5.41, 5.74) is 0.731. The van der Waals surface area contributed by atoms with Crippen molar-refractivity contribution in [3.8, 4) is 0 Å². The highest BCUT2D eigenvalue weighted by molar-refractivity contribution is 5.94. The van der Waals surface area contributed by atoms with E-state index in [2.05, 4.69) is 10.3 Å². The Morgan fingerprint density at radius 3 is 2.58 bits per heavy atom. The van der Waals surface area contributed by atoms with E-state index in [4.69, 9.17) is 5.11 Å². The van der Waals surface area contributed by atoms with Gasteiger partial charge in [-0.25, -0.2) is 9.78 Å². The molecule has 0 bridgehead atoms. The number of aromatic nitrogens is 1. The summed E-state index contributed by atoms with van der Waals surface area (Å²) in [5.74, 6) is -0.450. The average Bonchev–Trinajstić information content (AvgIpc) is 3.28. The van der Waals surface area contributed by atoms with Crippen LogP contribution in [0.2, 0.25) is 0 Å². The number of aromatic carboxylic acids is 1. The standard InChI is InChI=1S/C14H16N2O3/c17-12(9-1-4-11(13(18)19)15-7-9)16-8-14(5-6-14)10-2-3-10/h1,4,7,10H,2-3,5-6,8H2,(H,16,17)(H,18,19). The van der Waals surface area contributed by atoms with Crippen molar-refractivity contribution in [3.63, 3.8) is 0 Å². The molecule has 0 aromatic carbocycles. The van der Waals surface area contributed by atoms with Crippen molar-refractivity contribution in [1.82, 2.24) is 10.3 Å². The fraction of sp³-hybridized carbons (Fsp3) is 0.500. The fourth-order valence-electron chi connectivity index (χ4n) is 2.60. The monoisotopic (exact) mass is 260 g/mol. The quantitative estimate of drug-likeness (QED) is 0.844. The second-order valence-corrected chi connectivity index (χ2v) is 5.56. The summed E-state index contributed by atoms with van der Waals surface area (Å²) in [7, 11) is 0. The fourth-order valence-corrected chi connectivity index (χ4v) is 2.60. The molecule has 0 aliphatic heterocycles. The zero-order chi connectivity index (χ0) is 13.5. The lowest BCUT2D eigenvalue weighted by Crippen LogP contribution is -2.31. The molecule has 0 spiro atoms. The SMILES string of the molecule is O=C(NCC1(C2CC2)CC1)c1ccc(C(=O)O)nc1. The van der Waals surface area contributed by atoms with Crippen molar-refractivity contribution in [2.24, 2.45) is 11.3 Å². The highest BCUT2D eigenvalue weighted by atomic mass is 16.4. The molecular weight excluding hydrogens is 244 g/mol. The highest BCUT2D eigenvalue weighted by Gasteiger charge is 2.53. The molecule has 2 aliphatic rings. The minimum Gasteiger partial charge on any atom is -0.477 e. The number of pyridine rings is 1. The summed E-state index contributed by atoms with van der Waals surface area (Å²) in [6.45, 7) is 0.733. The summed E-state index contributed by atoms with van der Waals surface area (Å²) >= 11 is 0. The van der Waals surface area contributed by atoms with Gasteiger partial charge in [0.2, 0.25) is 0 Å². The summed E-state index contributed by atoms with van der Waals surface area (Å²) < 4.78 is 0. The van der Waals surface area contributed by atoms with Gasteiger partial charge in [0, 0.05) is 12.7 Å². The normalized spacial score (nSPS) is 19.8. The topological polar surface area (TPSA) is 79.3 Å². The van der Waals surface area contributed by atoms with E-state index < -0.39 is 5.97 Å². The number of carboxylic acid groups (broad SMARTS) is 1. The molecule has 0 saturated heterocycles. The van der Waals surface area contributed by atoms with Gasteiger partial charge in [0.1, 0.15) is 5.69 Å². The van der Waals surface area contributed by atoms with E-state index in [-0.39, 0.29) is 11.6 Å². The molecule has 2 fully saturated rings. The molecule has 1 amide bonds. The molecule has 0 radical (unpaired) electrons. The summed E-state index contributed by atoms with van der Waals surface area (Å²) in [6.07, 6.45) is 6.34. The van der Waals surface area contributed by atoms with Gasteiger partial charge >= 0.3 is 5.97 Å². The van der Waals surface area contributed by atoms with Crippen LogP contribution in [0.4, 0.5) is 0 Å². The number of nitrogens with zero attached hydrogens (tertiary/aromatic N) is 1. The largest absolute Gasteiger partial charge is 0.477 e. The maximum atomic E-state index is 11.9. The molecule has 1 heterocycles. The number of carbonyl (C=O) groups excluding carboxylic acids is 1. The first-order valence-electron chi connectivity index (χ1n) is 6.58. The molecule has 19 heavy (non-hydrogen) atoms. The van der Waals surface area contributed by atoms with Gasteiger partial charge in [-0.15, -0.1) is 0 Å². The molecule has 2 saturated carbocycles. The second-order valence-electron chi connectivity index (χ2n) is 5.56. The van der Waals surface area contributed by atoms with Crippen LogP contribution >= 0.6 is 0 Å². The Hall–Kier alpha value is -1.91. The highest BCUT2D eigenvalue weighted by Crippen LogP contribution is 2.60. The number of nitrogens with one attached hydrogen (secondary N) is 1. The van der Waals surface area contributed by atoms with E-state index in [0.717, 1.165) is 12.5 Å². The summed E-state index contributed by atoms with van der Waals surface area (Å²) in [6, 6.07) is 2.85.